The van der Waals surface area contributed by atoms with Gasteiger partial charge in [0.05, 0.1) is 21.3 Å². The topological polar surface area (TPSA) is 74.3 Å². The third-order valence-electron chi connectivity index (χ3n) is 4.54. The molecule has 6 nitrogen and oxygen atoms in total. The number of likely N-dealkylation sites (N-methyl/N-ethyl adjacent to an activating group) is 1. The number of rotatable bonds is 6. The molecule has 0 unspecified atom stereocenters. The predicted molar refractivity (Wildman–Crippen MR) is 121 cm³/mol. The molecular weight excluding hydrogens is 480 g/mol. The molecule has 0 bridgehead atoms. The summed E-state index contributed by atoms with van der Waals surface area (Å²) in [6.07, 6.45) is -2.98. The smallest absolute Gasteiger partial charge is 0.358 e. The van der Waals surface area contributed by atoms with Gasteiger partial charge in [0.25, 0.3) is 5.91 Å². The third kappa shape index (κ3) is 5.94. The van der Waals surface area contributed by atoms with E-state index in [1.165, 1.54) is 36.3 Å². The predicted octanol–water partition coefficient (Wildman–Crippen LogP) is 5.54. The molecule has 0 fully saturated rings. The lowest BCUT2D eigenvalue weighted by atomic mass is 10.1. The highest BCUT2D eigenvalue weighted by atomic mass is 35.5. The number of amides is 2. The number of hydrogen-bond acceptors (Lipinski definition) is 4. The number of nitrogens with one attached hydrogen (secondary N) is 2. The van der Waals surface area contributed by atoms with Crippen LogP contribution in [-0.2, 0) is 11.0 Å². The Labute approximate surface area is 197 Å². The Morgan fingerprint density at radius 2 is 1.73 bits per heavy atom. The first-order valence-corrected chi connectivity index (χ1v) is 10.2. The normalized spacial score (nSPS) is 11.1. The Balaban J connectivity index is 1.93. The van der Waals surface area contributed by atoms with E-state index in [-0.39, 0.29) is 39.6 Å². The van der Waals surface area contributed by atoms with Crippen molar-refractivity contribution in [3.05, 3.63) is 82.0 Å². The van der Waals surface area contributed by atoms with Gasteiger partial charge in [-0.25, -0.2) is 4.98 Å². The minimum absolute atomic E-state index is 0.156. The van der Waals surface area contributed by atoms with Crippen molar-refractivity contribution < 1.29 is 22.8 Å². The molecule has 0 spiro atoms. The van der Waals surface area contributed by atoms with E-state index < -0.39 is 17.6 Å². The molecule has 172 valence electrons. The maximum Gasteiger partial charge on any atom is 0.416 e. The summed E-state index contributed by atoms with van der Waals surface area (Å²) in [4.78, 5) is 30.5. The molecule has 0 saturated carbocycles. The van der Waals surface area contributed by atoms with Gasteiger partial charge in [0.2, 0.25) is 5.91 Å². The van der Waals surface area contributed by atoms with Crippen molar-refractivity contribution in [2.24, 2.45) is 0 Å². The maximum atomic E-state index is 12.7. The fourth-order valence-corrected chi connectivity index (χ4v) is 3.32. The van der Waals surface area contributed by atoms with E-state index in [4.69, 9.17) is 23.2 Å². The summed E-state index contributed by atoms with van der Waals surface area (Å²) in [6, 6.07) is 11.6. The number of hydrogen-bond donors (Lipinski definition) is 2. The molecule has 11 heteroatoms. The molecule has 0 saturated heterocycles. The lowest BCUT2D eigenvalue weighted by molar-refractivity contribution is -0.137. The Morgan fingerprint density at radius 3 is 2.33 bits per heavy atom. The lowest BCUT2D eigenvalue weighted by Crippen LogP contribution is -2.33. The summed E-state index contributed by atoms with van der Waals surface area (Å²) in [5.41, 5.74) is -0.199. The monoisotopic (exact) mass is 496 g/mol. The van der Waals surface area contributed by atoms with Gasteiger partial charge in [-0.1, -0.05) is 23.2 Å². The van der Waals surface area contributed by atoms with Crippen LogP contribution in [0.25, 0.3) is 0 Å². The minimum atomic E-state index is -4.48. The third-order valence-corrected chi connectivity index (χ3v) is 5.16. The molecular formula is C22H17Cl2F3N4O2. The van der Waals surface area contributed by atoms with E-state index in [9.17, 15) is 22.8 Å². The molecule has 0 radical (unpaired) electrons. The van der Waals surface area contributed by atoms with Crippen LogP contribution < -0.4 is 15.5 Å². The molecule has 2 amide bonds. The molecule has 2 N–H and O–H groups in total. The Morgan fingerprint density at radius 1 is 1.03 bits per heavy atom. The average Bonchev–Trinajstić information content (AvgIpc) is 2.78. The van der Waals surface area contributed by atoms with Crippen LogP contribution >= 0.6 is 23.2 Å². The van der Waals surface area contributed by atoms with Crippen molar-refractivity contribution in [2.75, 3.05) is 23.8 Å². The molecule has 0 aliphatic heterocycles. The first kappa shape index (κ1) is 24.3. The van der Waals surface area contributed by atoms with Crippen molar-refractivity contribution in [3.63, 3.8) is 0 Å². The van der Waals surface area contributed by atoms with Gasteiger partial charge in [0.15, 0.2) is 5.82 Å². The standard InChI is InChI=1S/C22H17Cl2F3N4O2/c1-28-19(32)12-31(20-17(24)3-2-10-29-20)18-11-13(4-9-16(18)23)21(33)30-15-7-5-14(6-8-15)22(25,26)27/h2-11H,12H2,1H3,(H,28,32)(H,30,33). The summed E-state index contributed by atoms with van der Waals surface area (Å²) >= 11 is 12.6. The summed E-state index contributed by atoms with van der Waals surface area (Å²) in [5.74, 6) is -0.683. The lowest BCUT2D eigenvalue weighted by Gasteiger charge is -2.25. The van der Waals surface area contributed by atoms with Gasteiger partial charge in [-0.15, -0.1) is 0 Å². The summed E-state index contributed by atoms with van der Waals surface area (Å²) < 4.78 is 38.2. The highest BCUT2D eigenvalue weighted by Crippen LogP contribution is 2.35. The van der Waals surface area contributed by atoms with Gasteiger partial charge < -0.3 is 15.5 Å². The second-order valence-electron chi connectivity index (χ2n) is 6.76. The highest BCUT2D eigenvalue weighted by Gasteiger charge is 2.30. The Kier molecular flexibility index (Phi) is 7.45. The van der Waals surface area contributed by atoms with E-state index >= 15 is 0 Å². The highest BCUT2D eigenvalue weighted by molar-refractivity contribution is 6.35. The van der Waals surface area contributed by atoms with Gasteiger partial charge in [-0.3, -0.25) is 9.59 Å². The van der Waals surface area contributed by atoms with Crippen LogP contribution in [0.2, 0.25) is 10.0 Å². The van der Waals surface area contributed by atoms with Crippen LogP contribution in [0.3, 0.4) is 0 Å². The number of anilines is 3. The number of nitrogens with zero attached hydrogens (tertiary/aromatic N) is 2. The number of pyridine rings is 1. The molecule has 0 aliphatic carbocycles. The van der Waals surface area contributed by atoms with E-state index in [0.717, 1.165) is 24.3 Å². The molecule has 2 aromatic carbocycles. The molecule has 33 heavy (non-hydrogen) atoms. The van der Waals surface area contributed by atoms with Crippen molar-refractivity contribution >= 4 is 52.2 Å². The first-order valence-electron chi connectivity index (χ1n) is 9.47. The number of carbonyl (C=O) groups excluding carboxylic acids is 2. The second-order valence-corrected chi connectivity index (χ2v) is 7.58. The zero-order valence-electron chi connectivity index (χ0n) is 17.1. The van der Waals surface area contributed by atoms with E-state index in [1.807, 2.05) is 0 Å². The molecule has 1 aromatic heterocycles. The fourth-order valence-electron chi connectivity index (χ4n) is 2.88. The summed E-state index contributed by atoms with van der Waals surface area (Å²) in [5, 5.41) is 5.53. The number of benzene rings is 2. The molecule has 0 aliphatic rings. The largest absolute Gasteiger partial charge is 0.416 e. The van der Waals surface area contributed by atoms with Crippen molar-refractivity contribution in [1.82, 2.24) is 10.3 Å². The fraction of sp³-hybridized carbons (Fsp3) is 0.136. The first-order chi connectivity index (χ1) is 15.6. The SMILES string of the molecule is CNC(=O)CN(c1cc(C(=O)Nc2ccc(C(F)(F)F)cc2)ccc1Cl)c1ncccc1Cl. The van der Waals surface area contributed by atoms with Crippen LogP contribution in [-0.4, -0.2) is 30.4 Å². The van der Waals surface area contributed by atoms with Crippen molar-refractivity contribution in [3.8, 4) is 0 Å². The van der Waals surface area contributed by atoms with E-state index in [0.29, 0.717) is 5.69 Å². The Hall–Kier alpha value is -3.30. The van der Waals surface area contributed by atoms with E-state index in [2.05, 4.69) is 15.6 Å². The number of alkyl halides is 3. The summed E-state index contributed by atoms with van der Waals surface area (Å²) in [7, 11) is 1.47. The summed E-state index contributed by atoms with van der Waals surface area (Å²) in [6.45, 7) is -0.184. The quantitative estimate of drug-likeness (QED) is 0.469. The van der Waals surface area contributed by atoms with Crippen molar-refractivity contribution in [2.45, 2.75) is 6.18 Å². The number of carbonyl (C=O) groups is 2. The number of aromatic nitrogens is 1. The van der Waals surface area contributed by atoms with Crippen LogP contribution in [0.1, 0.15) is 15.9 Å². The second kappa shape index (κ2) is 10.1. The minimum Gasteiger partial charge on any atom is -0.358 e. The van der Waals surface area contributed by atoms with E-state index in [1.54, 1.807) is 12.1 Å². The van der Waals surface area contributed by atoms with Gasteiger partial charge in [-0.05, 0) is 54.6 Å². The van der Waals surface area contributed by atoms with Gasteiger partial charge in [0.1, 0.15) is 6.54 Å². The van der Waals surface area contributed by atoms with Crippen LogP contribution in [0.5, 0.6) is 0 Å². The van der Waals surface area contributed by atoms with Crippen LogP contribution in [0.4, 0.5) is 30.4 Å². The molecule has 3 aromatic rings. The van der Waals surface area contributed by atoms with Crippen LogP contribution in [0.15, 0.2) is 60.8 Å². The van der Waals surface area contributed by atoms with Gasteiger partial charge >= 0.3 is 6.18 Å². The average molecular weight is 497 g/mol. The van der Waals surface area contributed by atoms with Crippen LogP contribution in [0, 0.1) is 0 Å². The molecule has 3 rings (SSSR count). The Bertz CT molecular complexity index is 1170. The zero-order valence-corrected chi connectivity index (χ0v) is 18.6. The van der Waals surface area contributed by atoms with Crippen molar-refractivity contribution in [1.29, 1.82) is 0 Å². The van der Waals surface area contributed by atoms with Gasteiger partial charge in [-0.2, -0.15) is 13.2 Å². The molecule has 1 heterocycles. The van der Waals surface area contributed by atoms with Gasteiger partial charge in [0, 0.05) is 24.5 Å². The number of halogens is 5. The molecule has 0 atom stereocenters. The maximum absolute atomic E-state index is 12.7. The zero-order chi connectivity index (χ0) is 24.2.